The van der Waals surface area contributed by atoms with Gasteiger partial charge in [0, 0.05) is 81.7 Å². The van der Waals surface area contributed by atoms with Crippen LogP contribution in [0.1, 0.15) is 28.3 Å². The van der Waals surface area contributed by atoms with Gasteiger partial charge in [0.2, 0.25) is 0 Å². The molecule has 0 aliphatic carbocycles. The molecule has 4 nitrogen and oxygen atoms in total. The molecule has 252 valence electrons. The summed E-state index contributed by atoms with van der Waals surface area (Å²) in [5, 5.41) is 0. The maximum absolute atomic E-state index is 5.48. The Kier molecular flexibility index (Phi) is 10.2. The van der Waals surface area contributed by atoms with Crippen LogP contribution in [0.15, 0.2) is 145 Å². The van der Waals surface area contributed by atoms with Gasteiger partial charge in [-0.05, 0) is 89.5 Å². The second kappa shape index (κ2) is 15.0. The molecule has 0 radical (unpaired) electrons. The molecule has 8 bridgehead atoms. The third-order valence-electron chi connectivity index (χ3n) is 9.21. The minimum Gasteiger partial charge on any atom is -0.355 e. The van der Waals surface area contributed by atoms with Gasteiger partial charge in [-0.15, -0.1) is 0 Å². The number of rotatable bonds is 4. The van der Waals surface area contributed by atoms with Crippen molar-refractivity contribution in [1.82, 2.24) is 19.9 Å². The molecule has 5 heterocycles. The van der Waals surface area contributed by atoms with E-state index in [0.29, 0.717) is 0 Å². The molecule has 0 fully saturated rings. The Morgan fingerprint density at radius 2 is 0.906 bits per heavy atom. The maximum atomic E-state index is 5.48. The van der Waals surface area contributed by atoms with Gasteiger partial charge in [0.1, 0.15) is 0 Å². The van der Waals surface area contributed by atoms with Crippen LogP contribution >= 0.6 is 63.7 Å². The summed E-state index contributed by atoms with van der Waals surface area (Å²) in [4.78, 5) is 18.0. The van der Waals surface area contributed by atoms with Gasteiger partial charge >= 0.3 is 0 Å². The van der Waals surface area contributed by atoms with E-state index in [1.807, 2.05) is 18.2 Å². The van der Waals surface area contributed by atoms with E-state index in [1.54, 1.807) is 0 Å². The summed E-state index contributed by atoms with van der Waals surface area (Å²) in [6.07, 6.45) is 6.30. The van der Waals surface area contributed by atoms with Gasteiger partial charge in [0.25, 0.3) is 0 Å². The molecule has 0 saturated carbocycles. The molecule has 7 aromatic rings. The third kappa shape index (κ3) is 6.83. The minimum absolute atomic E-state index is 0. The van der Waals surface area contributed by atoms with Crippen molar-refractivity contribution in [3.8, 4) is 33.4 Å². The number of aromatic nitrogens is 4. The van der Waals surface area contributed by atoms with Crippen LogP contribution in [0.3, 0.4) is 0 Å². The fraction of sp³-hybridized carbons (Fsp3) is 0. The molecule has 53 heavy (non-hydrogen) atoms. The zero-order valence-electron chi connectivity index (χ0n) is 28.0. The summed E-state index contributed by atoms with van der Waals surface area (Å²) in [6, 6.07) is 44.0. The van der Waals surface area contributed by atoms with Crippen molar-refractivity contribution in [1.29, 1.82) is 0 Å². The van der Waals surface area contributed by atoms with Crippen LogP contribution < -0.4 is 0 Å². The molecule has 2 aliphatic rings. The summed E-state index contributed by atoms with van der Waals surface area (Å²) in [5.74, 6) is 0. The Labute approximate surface area is 352 Å². The largest absolute Gasteiger partial charge is 0.355 e. The molecule has 9 rings (SSSR count). The number of halogens is 4. The summed E-state index contributed by atoms with van der Waals surface area (Å²) in [6.45, 7) is 0. The van der Waals surface area contributed by atoms with Crippen molar-refractivity contribution in [3.63, 3.8) is 0 Å². The summed E-state index contributed by atoms with van der Waals surface area (Å²) in [5.41, 5.74) is 15.4. The van der Waals surface area contributed by atoms with Gasteiger partial charge in [-0.1, -0.05) is 137 Å². The van der Waals surface area contributed by atoms with Crippen molar-refractivity contribution in [3.05, 3.63) is 174 Å². The van der Waals surface area contributed by atoms with Gasteiger partial charge in [-0.25, -0.2) is 9.97 Å². The van der Waals surface area contributed by atoms with Crippen LogP contribution in [0.5, 0.6) is 0 Å². The molecule has 9 heteroatoms. The molecular formula is C44H26Br4N4Zn. The first-order chi connectivity index (χ1) is 25.4. The monoisotopic (exact) mass is 990 g/mol. The van der Waals surface area contributed by atoms with E-state index in [-0.39, 0.29) is 19.5 Å². The zero-order chi connectivity index (χ0) is 35.3. The topological polar surface area (TPSA) is 57.4 Å². The molecule has 0 saturated heterocycles. The van der Waals surface area contributed by atoms with Crippen LogP contribution in [-0.4, -0.2) is 19.9 Å². The van der Waals surface area contributed by atoms with E-state index in [0.717, 1.165) is 107 Å². The van der Waals surface area contributed by atoms with Crippen LogP contribution in [0.2, 0.25) is 0 Å². The minimum atomic E-state index is 0. The van der Waals surface area contributed by atoms with E-state index >= 15 is 0 Å². The maximum Gasteiger partial charge on any atom is 0.0816 e. The number of hydrogen-bond acceptors (Lipinski definition) is 2. The number of fused-ring (bicyclic) bond motifs is 8. The summed E-state index contributed by atoms with van der Waals surface area (Å²) < 4.78 is 3.91. The molecule has 2 N–H and O–H groups in total. The van der Waals surface area contributed by atoms with E-state index in [1.165, 1.54) is 0 Å². The van der Waals surface area contributed by atoms with Gasteiger partial charge in [-0.2, -0.15) is 0 Å². The number of H-pyrrole nitrogens is 2. The molecule has 0 amide bonds. The molecule has 4 aromatic carbocycles. The Balaban J connectivity index is 0.00000400. The Morgan fingerprint density at radius 1 is 0.434 bits per heavy atom. The predicted molar refractivity (Wildman–Crippen MR) is 230 cm³/mol. The Bertz CT molecular complexity index is 2820. The first-order valence-corrected chi connectivity index (χ1v) is 19.8. The molecule has 0 unspecified atom stereocenters. The molecule has 3 aromatic heterocycles. The fourth-order valence-corrected chi connectivity index (χ4v) is 8.89. The molecular weight excluding hydrogens is 970 g/mol. The number of nitrogens with zero attached hydrogens (tertiary/aromatic N) is 2. The van der Waals surface area contributed by atoms with E-state index in [2.05, 4.69) is 201 Å². The van der Waals surface area contributed by atoms with E-state index < -0.39 is 0 Å². The quantitative estimate of drug-likeness (QED) is 0.173. The fourth-order valence-electron chi connectivity index (χ4n) is 6.94. The Morgan fingerprint density at radius 3 is 1.47 bits per heavy atom. The molecule has 0 atom stereocenters. The zero-order valence-corrected chi connectivity index (χ0v) is 37.3. The third-order valence-corrected chi connectivity index (χ3v) is 12.0. The van der Waals surface area contributed by atoms with Gasteiger partial charge in [-0.3, -0.25) is 0 Å². The van der Waals surface area contributed by atoms with E-state index in [4.69, 9.17) is 9.97 Å². The first kappa shape index (κ1) is 36.0. The molecule has 0 spiro atoms. The van der Waals surface area contributed by atoms with Crippen LogP contribution in [-0.2, 0) is 19.5 Å². The van der Waals surface area contributed by atoms with Gasteiger partial charge in [0.05, 0.1) is 28.3 Å². The van der Waals surface area contributed by atoms with Crippen molar-refractivity contribution in [2.45, 2.75) is 0 Å². The predicted octanol–water partition coefficient (Wildman–Crippen LogP) is 14.1. The standard InChI is InChI=1S/C44H26Br4N4.Zn/c45-35-13-5-1-9-30(35)34-23-29-22-27-18-17-25(49-27)21-26-19-20-28(50-26)24-39-40(31-10-2-6-14-36(31)46)41(32-11-3-7-15-37(32)47)44(52-39)42(43(34)51-29)33-12-4-8-16-38(33)48;/h1-24,49,52H;. The number of nitrogens with one attached hydrogen (secondary N) is 2. The normalized spacial score (nSPS) is 12.0. The smallest absolute Gasteiger partial charge is 0.0816 e. The molecule has 2 aliphatic heterocycles. The second-order valence-corrected chi connectivity index (χ2v) is 15.9. The number of hydrogen-bond donors (Lipinski definition) is 2. The number of aromatic amines is 2. The van der Waals surface area contributed by atoms with Gasteiger partial charge < -0.3 is 9.97 Å². The van der Waals surface area contributed by atoms with Gasteiger partial charge in [0.15, 0.2) is 0 Å². The first-order valence-electron chi connectivity index (χ1n) is 16.6. The van der Waals surface area contributed by atoms with Crippen LogP contribution in [0.4, 0.5) is 0 Å². The van der Waals surface area contributed by atoms with Crippen LogP contribution in [0.25, 0.3) is 79.2 Å². The van der Waals surface area contributed by atoms with Crippen LogP contribution in [0, 0.1) is 0 Å². The van der Waals surface area contributed by atoms with Crippen molar-refractivity contribution >= 4 is 110 Å². The van der Waals surface area contributed by atoms with E-state index in [9.17, 15) is 0 Å². The second-order valence-electron chi connectivity index (χ2n) is 12.5. The number of benzene rings is 4. The van der Waals surface area contributed by atoms with Crippen molar-refractivity contribution in [2.75, 3.05) is 0 Å². The average Bonchev–Trinajstić information content (AvgIpc) is 3.95. The summed E-state index contributed by atoms with van der Waals surface area (Å²) in [7, 11) is 0. The summed E-state index contributed by atoms with van der Waals surface area (Å²) >= 11 is 15.7. The van der Waals surface area contributed by atoms with Crippen molar-refractivity contribution in [2.24, 2.45) is 0 Å². The van der Waals surface area contributed by atoms with Crippen molar-refractivity contribution < 1.29 is 19.5 Å². The Hall–Kier alpha value is -3.98. The average molecular weight is 996 g/mol. The SMILES string of the molecule is Brc1ccccc1C1=Cc2cc3ccc(cc4nc(cc5[nH]c(c(-c6ccccc6Br)c1n2)c(-c1ccccc1Br)c5-c1ccccc1Br)C=C4)[nH]3.[Zn].